The van der Waals surface area contributed by atoms with Gasteiger partial charge in [-0.3, -0.25) is 9.59 Å². The smallest absolute Gasteiger partial charge is 0.350 e. The van der Waals surface area contributed by atoms with Gasteiger partial charge in [0.05, 0.1) is 12.8 Å². The second-order valence-electron chi connectivity index (χ2n) is 8.76. The van der Waals surface area contributed by atoms with E-state index in [2.05, 4.69) is 10.6 Å². The maximum absolute atomic E-state index is 12.9. The number of carbonyl (C=O) groups is 3. The van der Waals surface area contributed by atoms with Crippen LogP contribution in [0.4, 0.5) is 5.69 Å². The lowest BCUT2D eigenvalue weighted by molar-refractivity contribution is -0.146. The van der Waals surface area contributed by atoms with Gasteiger partial charge in [0.2, 0.25) is 11.8 Å². The molecule has 6 nitrogen and oxygen atoms in total. The van der Waals surface area contributed by atoms with Gasteiger partial charge in [-0.05, 0) is 74.1 Å². The van der Waals surface area contributed by atoms with E-state index in [0.29, 0.717) is 30.0 Å². The highest BCUT2D eigenvalue weighted by Gasteiger charge is 2.54. The van der Waals surface area contributed by atoms with Crippen molar-refractivity contribution in [3.8, 4) is 0 Å². The van der Waals surface area contributed by atoms with Crippen LogP contribution in [-0.2, 0) is 14.3 Å². The Bertz CT molecular complexity index is 737. The Hall–Kier alpha value is -1.89. The molecular weight excluding hydrogens is 376 g/mol. The van der Waals surface area contributed by atoms with Crippen LogP contribution in [0.2, 0.25) is 0 Å². The molecule has 4 bridgehead atoms. The van der Waals surface area contributed by atoms with Crippen molar-refractivity contribution in [1.29, 1.82) is 0 Å². The standard InChI is InChI=1S/C21H28N2O4S/c1-27-19(25)18-16(4-6-28-18)23-17(24)3-2-5-22-20(26)21-10-13-7-14(11-21)9-15(8-13)12-21/h4,6,13-15H,2-3,5,7-12H2,1H3,(H,22,26)(H,23,24). The number of ether oxygens (including phenoxy) is 1. The van der Waals surface area contributed by atoms with Crippen molar-refractivity contribution < 1.29 is 19.1 Å². The highest BCUT2D eigenvalue weighted by Crippen LogP contribution is 2.60. The Kier molecular flexibility index (Phi) is 5.45. The second kappa shape index (κ2) is 7.85. The average Bonchev–Trinajstić information content (AvgIpc) is 3.11. The maximum atomic E-state index is 12.9. The molecule has 1 heterocycles. The maximum Gasteiger partial charge on any atom is 0.350 e. The Balaban J connectivity index is 1.22. The van der Waals surface area contributed by atoms with Gasteiger partial charge in [-0.25, -0.2) is 4.79 Å². The summed E-state index contributed by atoms with van der Waals surface area (Å²) in [5.74, 6) is 1.84. The van der Waals surface area contributed by atoms with Gasteiger partial charge in [0, 0.05) is 18.4 Å². The molecule has 5 rings (SSSR count). The third-order valence-corrected chi connectivity index (χ3v) is 7.59. The van der Waals surface area contributed by atoms with Gasteiger partial charge in [-0.15, -0.1) is 11.3 Å². The van der Waals surface area contributed by atoms with Crippen LogP contribution in [0.25, 0.3) is 0 Å². The first kappa shape index (κ1) is 19.4. The fraction of sp³-hybridized carbons (Fsp3) is 0.667. The highest BCUT2D eigenvalue weighted by atomic mass is 32.1. The van der Waals surface area contributed by atoms with E-state index in [-0.39, 0.29) is 17.2 Å². The van der Waals surface area contributed by atoms with Crippen LogP contribution in [0.1, 0.15) is 61.0 Å². The molecule has 0 saturated heterocycles. The molecule has 1 aromatic rings. The Morgan fingerprint density at radius 3 is 2.39 bits per heavy atom. The summed E-state index contributed by atoms with van der Waals surface area (Å²) >= 11 is 1.24. The fourth-order valence-electron chi connectivity index (χ4n) is 5.90. The van der Waals surface area contributed by atoms with E-state index in [1.165, 1.54) is 37.7 Å². The molecule has 0 atom stereocenters. The molecule has 4 aliphatic rings. The molecular formula is C21H28N2O4S. The SMILES string of the molecule is COC(=O)c1sccc1NC(=O)CCCNC(=O)C12CC3CC(CC(C3)C1)C2. The van der Waals surface area contributed by atoms with Gasteiger partial charge in [0.25, 0.3) is 0 Å². The summed E-state index contributed by atoms with van der Waals surface area (Å²) in [4.78, 5) is 37.1. The molecule has 4 aliphatic carbocycles. The minimum absolute atomic E-state index is 0.136. The van der Waals surface area contributed by atoms with E-state index in [9.17, 15) is 14.4 Å². The minimum atomic E-state index is -0.451. The number of hydrogen-bond donors (Lipinski definition) is 2. The quantitative estimate of drug-likeness (QED) is 0.537. The number of methoxy groups -OCH3 is 1. The Labute approximate surface area is 169 Å². The van der Waals surface area contributed by atoms with Crippen LogP contribution in [-0.4, -0.2) is 31.4 Å². The van der Waals surface area contributed by atoms with Crippen molar-refractivity contribution in [2.45, 2.75) is 51.4 Å². The summed E-state index contributed by atoms with van der Waals surface area (Å²) in [6.07, 6.45) is 8.02. The van der Waals surface area contributed by atoms with E-state index in [4.69, 9.17) is 4.74 Å². The van der Waals surface area contributed by atoms with Crippen molar-refractivity contribution in [2.75, 3.05) is 19.0 Å². The van der Waals surface area contributed by atoms with Crippen LogP contribution in [0.3, 0.4) is 0 Å². The number of rotatable bonds is 7. The minimum Gasteiger partial charge on any atom is -0.465 e. The molecule has 2 N–H and O–H groups in total. The Morgan fingerprint density at radius 1 is 1.14 bits per heavy atom. The van der Waals surface area contributed by atoms with Crippen LogP contribution >= 0.6 is 11.3 Å². The molecule has 7 heteroatoms. The summed E-state index contributed by atoms with van der Waals surface area (Å²) in [5, 5.41) is 7.61. The van der Waals surface area contributed by atoms with Gasteiger partial charge in [0.1, 0.15) is 4.88 Å². The molecule has 1 aromatic heterocycles. The van der Waals surface area contributed by atoms with Gasteiger partial charge in [0.15, 0.2) is 0 Å². The molecule has 152 valence electrons. The first-order chi connectivity index (χ1) is 13.5. The average molecular weight is 405 g/mol. The number of carbonyl (C=O) groups excluding carboxylic acids is 3. The van der Waals surface area contributed by atoms with E-state index in [1.807, 2.05) is 0 Å². The molecule has 4 fully saturated rings. The molecule has 2 amide bonds. The first-order valence-electron chi connectivity index (χ1n) is 10.2. The predicted molar refractivity (Wildman–Crippen MR) is 107 cm³/mol. The van der Waals surface area contributed by atoms with Crippen LogP contribution in [0.15, 0.2) is 11.4 Å². The van der Waals surface area contributed by atoms with E-state index in [0.717, 1.165) is 37.0 Å². The molecule has 0 unspecified atom stereocenters. The van der Waals surface area contributed by atoms with Crippen LogP contribution in [0.5, 0.6) is 0 Å². The normalized spacial score (nSPS) is 30.1. The summed E-state index contributed by atoms with van der Waals surface area (Å²) in [6, 6.07) is 1.70. The van der Waals surface area contributed by atoms with E-state index in [1.54, 1.807) is 11.4 Å². The molecule has 0 aliphatic heterocycles. The first-order valence-corrected chi connectivity index (χ1v) is 11.1. The van der Waals surface area contributed by atoms with Crippen molar-refractivity contribution in [3.05, 3.63) is 16.3 Å². The molecule has 0 aromatic carbocycles. The van der Waals surface area contributed by atoms with Gasteiger partial charge < -0.3 is 15.4 Å². The summed E-state index contributed by atoms with van der Waals surface area (Å²) in [6.45, 7) is 0.515. The zero-order valence-electron chi connectivity index (χ0n) is 16.3. The summed E-state index contributed by atoms with van der Waals surface area (Å²) in [7, 11) is 1.32. The number of esters is 1. The van der Waals surface area contributed by atoms with Crippen molar-refractivity contribution in [3.63, 3.8) is 0 Å². The highest BCUT2D eigenvalue weighted by molar-refractivity contribution is 7.12. The largest absolute Gasteiger partial charge is 0.465 e. The molecule has 0 radical (unpaired) electrons. The third-order valence-electron chi connectivity index (χ3n) is 6.70. The second-order valence-corrected chi connectivity index (χ2v) is 9.68. The van der Waals surface area contributed by atoms with E-state index >= 15 is 0 Å². The van der Waals surface area contributed by atoms with Gasteiger partial charge in [-0.1, -0.05) is 0 Å². The zero-order chi connectivity index (χ0) is 19.7. The monoisotopic (exact) mass is 404 g/mol. The number of amides is 2. The van der Waals surface area contributed by atoms with Crippen molar-refractivity contribution in [1.82, 2.24) is 5.32 Å². The van der Waals surface area contributed by atoms with Gasteiger partial charge in [-0.2, -0.15) is 0 Å². The van der Waals surface area contributed by atoms with Crippen LogP contribution in [0, 0.1) is 23.2 Å². The third kappa shape index (κ3) is 3.81. The summed E-state index contributed by atoms with van der Waals surface area (Å²) < 4.78 is 4.71. The lowest BCUT2D eigenvalue weighted by Crippen LogP contribution is -2.53. The lowest BCUT2D eigenvalue weighted by Gasteiger charge is -2.55. The van der Waals surface area contributed by atoms with Crippen LogP contribution < -0.4 is 10.6 Å². The number of nitrogens with one attached hydrogen (secondary N) is 2. The number of thiophene rings is 1. The number of anilines is 1. The summed E-state index contributed by atoms with van der Waals surface area (Å²) in [5.41, 5.74) is 0.350. The Morgan fingerprint density at radius 2 is 1.79 bits per heavy atom. The molecule has 28 heavy (non-hydrogen) atoms. The van der Waals surface area contributed by atoms with Gasteiger partial charge >= 0.3 is 5.97 Å². The fourth-order valence-corrected chi connectivity index (χ4v) is 6.66. The van der Waals surface area contributed by atoms with Crippen molar-refractivity contribution in [2.24, 2.45) is 23.2 Å². The topological polar surface area (TPSA) is 84.5 Å². The lowest BCUT2D eigenvalue weighted by atomic mass is 9.49. The number of hydrogen-bond acceptors (Lipinski definition) is 5. The van der Waals surface area contributed by atoms with E-state index < -0.39 is 5.97 Å². The predicted octanol–water partition coefficient (Wildman–Crippen LogP) is 3.59. The van der Waals surface area contributed by atoms with Crippen molar-refractivity contribution >= 4 is 34.8 Å². The molecule has 4 saturated carbocycles. The zero-order valence-corrected chi connectivity index (χ0v) is 17.1. The molecule has 0 spiro atoms.